The molecule has 0 aliphatic carbocycles. The zero-order chi connectivity index (χ0) is 10.8. The highest BCUT2D eigenvalue weighted by Crippen LogP contribution is 2.24. The van der Waals surface area contributed by atoms with Crippen molar-refractivity contribution in [3.8, 4) is 11.3 Å². The van der Waals surface area contributed by atoms with E-state index in [0.717, 1.165) is 17.4 Å². The second-order valence-corrected chi connectivity index (χ2v) is 3.28. The van der Waals surface area contributed by atoms with Gasteiger partial charge in [-0.3, -0.25) is 9.89 Å². The molecule has 0 atom stereocenters. The molecule has 1 heterocycles. The van der Waals surface area contributed by atoms with Crippen LogP contribution in [0.3, 0.4) is 0 Å². The summed E-state index contributed by atoms with van der Waals surface area (Å²) >= 11 is 0. The fourth-order valence-electron chi connectivity index (χ4n) is 1.51. The number of rotatable bonds is 2. The molecule has 2 rings (SSSR count). The van der Waals surface area contributed by atoms with Crippen LogP contribution in [0.4, 0.5) is 4.39 Å². The van der Waals surface area contributed by atoms with E-state index in [4.69, 9.17) is 0 Å². The largest absolute Gasteiger partial charge is 0.298 e. The van der Waals surface area contributed by atoms with Crippen LogP contribution in [-0.2, 0) is 0 Å². The number of H-pyrrole nitrogens is 1. The molecule has 15 heavy (non-hydrogen) atoms. The first-order chi connectivity index (χ1) is 7.22. The highest BCUT2D eigenvalue weighted by molar-refractivity contribution is 5.86. The number of nitrogens with zero attached hydrogens (tertiary/aromatic N) is 1. The molecule has 1 aromatic carbocycles. The Balaban J connectivity index is 2.59. The Labute approximate surface area is 85.9 Å². The highest BCUT2D eigenvalue weighted by atomic mass is 19.1. The highest BCUT2D eigenvalue weighted by Gasteiger charge is 2.09. The van der Waals surface area contributed by atoms with Gasteiger partial charge < -0.3 is 0 Å². The predicted molar refractivity (Wildman–Crippen MR) is 54.1 cm³/mol. The number of halogens is 1. The molecule has 0 bridgehead atoms. The van der Waals surface area contributed by atoms with E-state index in [2.05, 4.69) is 10.2 Å². The summed E-state index contributed by atoms with van der Waals surface area (Å²) < 4.78 is 12.9. The van der Waals surface area contributed by atoms with Crippen LogP contribution in [0.2, 0.25) is 0 Å². The topological polar surface area (TPSA) is 45.8 Å². The summed E-state index contributed by atoms with van der Waals surface area (Å²) in [6, 6.07) is 4.41. The number of nitrogens with one attached hydrogen (secondary N) is 1. The van der Waals surface area contributed by atoms with Gasteiger partial charge in [0.1, 0.15) is 5.82 Å². The summed E-state index contributed by atoms with van der Waals surface area (Å²) in [6.07, 6.45) is 2.17. The van der Waals surface area contributed by atoms with Crippen molar-refractivity contribution < 1.29 is 9.18 Å². The number of aldehydes is 1. The quantitative estimate of drug-likeness (QED) is 0.763. The van der Waals surface area contributed by atoms with Crippen molar-refractivity contribution in [3.63, 3.8) is 0 Å². The van der Waals surface area contributed by atoms with Crippen LogP contribution in [0.25, 0.3) is 11.3 Å². The number of aryl methyl sites for hydroxylation is 1. The third-order valence-corrected chi connectivity index (χ3v) is 2.25. The monoisotopic (exact) mass is 204 g/mol. The van der Waals surface area contributed by atoms with Gasteiger partial charge in [0.05, 0.1) is 17.5 Å². The first-order valence-corrected chi connectivity index (χ1v) is 4.47. The number of hydrogen-bond acceptors (Lipinski definition) is 2. The average Bonchev–Trinajstić information content (AvgIpc) is 2.65. The standard InChI is InChI=1S/C11H9FN2O/c1-7-4-9(12)2-3-10(7)11-8(6-15)5-13-14-11/h2-6H,1H3,(H,13,14). The zero-order valence-corrected chi connectivity index (χ0v) is 8.12. The zero-order valence-electron chi connectivity index (χ0n) is 8.12. The van der Waals surface area contributed by atoms with Crippen molar-refractivity contribution in [2.24, 2.45) is 0 Å². The van der Waals surface area contributed by atoms with Crippen LogP contribution in [0.1, 0.15) is 15.9 Å². The number of benzene rings is 1. The van der Waals surface area contributed by atoms with E-state index in [-0.39, 0.29) is 5.82 Å². The summed E-state index contributed by atoms with van der Waals surface area (Å²) in [4.78, 5) is 10.7. The number of carbonyl (C=O) groups is 1. The maximum Gasteiger partial charge on any atom is 0.153 e. The summed E-state index contributed by atoms with van der Waals surface area (Å²) in [5, 5.41) is 6.51. The van der Waals surface area contributed by atoms with Crippen LogP contribution in [0, 0.1) is 12.7 Å². The fraction of sp³-hybridized carbons (Fsp3) is 0.0909. The van der Waals surface area contributed by atoms with Crippen molar-refractivity contribution in [2.75, 3.05) is 0 Å². The predicted octanol–water partition coefficient (Wildman–Crippen LogP) is 2.34. The summed E-state index contributed by atoms with van der Waals surface area (Å²) in [5.74, 6) is -0.289. The molecule has 3 nitrogen and oxygen atoms in total. The second kappa shape index (κ2) is 3.65. The minimum Gasteiger partial charge on any atom is -0.298 e. The first-order valence-electron chi connectivity index (χ1n) is 4.47. The van der Waals surface area contributed by atoms with E-state index >= 15 is 0 Å². The lowest BCUT2D eigenvalue weighted by atomic mass is 10.0. The Morgan fingerprint density at radius 2 is 2.27 bits per heavy atom. The Bertz CT molecular complexity index is 505. The van der Waals surface area contributed by atoms with Crippen LogP contribution >= 0.6 is 0 Å². The lowest BCUT2D eigenvalue weighted by Gasteiger charge is -2.03. The Hall–Kier alpha value is -1.97. The molecule has 76 valence electrons. The van der Waals surface area contributed by atoms with Gasteiger partial charge in [-0.2, -0.15) is 5.10 Å². The van der Waals surface area contributed by atoms with E-state index in [1.165, 1.54) is 18.3 Å². The molecule has 0 aliphatic heterocycles. The van der Waals surface area contributed by atoms with Gasteiger partial charge in [0.25, 0.3) is 0 Å². The molecule has 0 unspecified atom stereocenters. The molecule has 1 aromatic heterocycles. The maximum absolute atomic E-state index is 12.9. The van der Waals surface area contributed by atoms with Crippen LogP contribution < -0.4 is 0 Å². The van der Waals surface area contributed by atoms with Crippen molar-refractivity contribution in [2.45, 2.75) is 6.92 Å². The molecule has 0 saturated carbocycles. The molecule has 0 spiro atoms. The van der Waals surface area contributed by atoms with Crippen molar-refractivity contribution in [1.82, 2.24) is 10.2 Å². The third-order valence-electron chi connectivity index (χ3n) is 2.25. The maximum atomic E-state index is 12.9. The lowest BCUT2D eigenvalue weighted by molar-refractivity contribution is 0.112. The number of aromatic amines is 1. The van der Waals surface area contributed by atoms with E-state index < -0.39 is 0 Å². The van der Waals surface area contributed by atoms with Crippen LogP contribution in [0.5, 0.6) is 0 Å². The Morgan fingerprint density at radius 3 is 2.93 bits per heavy atom. The summed E-state index contributed by atoms with van der Waals surface area (Å²) in [7, 11) is 0. The molecular formula is C11H9FN2O. The molecule has 0 aliphatic rings. The lowest BCUT2D eigenvalue weighted by Crippen LogP contribution is -1.89. The molecule has 1 N–H and O–H groups in total. The van der Waals surface area contributed by atoms with Crippen LogP contribution in [-0.4, -0.2) is 16.5 Å². The number of aromatic nitrogens is 2. The average molecular weight is 204 g/mol. The third kappa shape index (κ3) is 1.66. The smallest absolute Gasteiger partial charge is 0.153 e. The fourth-order valence-corrected chi connectivity index (χ4v) is 1.51. The van der Waals surface area contributed by atoms with Crippen LogP contribution in [0.15, 0.2) is 24.4 Å². The summed E-state index contributed by atoms with van der Waals surface area (Å²) in [6.45, 7) is 1.79. The molecular weight excluding hydrogens is 195 g/mol. The van der Waals surface area contributed by atoms with Gasteiger partial charge in [-0.15, -0.1) is 0 Å². The van der Waals surface area contributed by atoms with Gasteiger partial charge in [0.15, 0.2) is 6.29 Å². The minimum atomic E-state index is -0.289. The summed E-state index contributed by atoms with van der Waals surface area (Å²) in [5.41, 5.74) is 2.66. The minimum absolute atomic E-state index is 0.289. The first kappa shape index (κ1) is 9.58. The van der Waals surface area contributed by atoms with E-state index in [1.807, 2.05) is 0 Å². The number of carbonyl (C=O) groups excluding carboxylic acids is 1. The Morgan fingerprint density at radius 1 is 1.47 bits per heavy atom. The Kier molecular flexibility index (Phi) is 2.33. The van der Waals surface area contributed by atoms with Gasteiger partial charge >= 0.3 is 0 Å². The SMILES string of the molecule is Cc1cc(F)ccc1-c1[nH]ncc1C=O. The van der Waals surface area contributed by atoms with Crippen molar-refractivity contribution >= 4 is 6.29 Å². The van der Waals surface area contributed by atoms with Gasteiger partial charge in [-0.05, 0) is 30.7 Å². The molecule has 0 radical (unpaired) electrons. The van der Waals surface area contributed by atoms with Gasteiger partial charge in [-0.1, -0.05) is 0 Å². The molecule has 0 amide bonds. The molecule has 0 saturated heterocycles. The molecule has 0 fully saturated rings. The van der Waals surface area contributed by atoms with Gasteiger partial charge in [0.2, 0.25) is 0 Å². The molecule has 2 aromatic rings. The van der Waals surface area contributed by atoms with Crippen molar-refractivity contribution in [1.29, 1.82) is 0 Å². The van der Waals surface area contributed by atoms with E-state index in [0.29, 0.717) is 11.3 Å². The van der Waals surface area contributed by atoms with Crippen molar-refractivity contribution in [3.05, 3.63) is 41.3 Å². The number of hydrogen-bond donors (Lipinski definition) is 1. The van der Waals surface area contributed by atoms with E-state index in [1.54, 1.807) is 13.0 Å². The molecule has 4 heteroatoms. The van der Waals surface area contributed by atoms with Gasteiger partial charge in [-0.25, -0.2) is 4.39 Å². The van der Waals surface area contributed by atoms with Gasteiger partial charge in [0, 0.05) is 5.56 Å². The van der Waals surface area contributed by atoms with E-state index in [9.17, 15) is 9.18 Å². The second-order valence-electron chi connectivity index (χ2n) is 3.28. The normalized spacial score (nSPS) is 10.3.